The van der Waals surface area contributed by atoms with E-state index in [0.29, 0.717) is 11.8 Å². The number of benzene rings is 11. The van der Waals surface area contributed by atoms with Gasteiger partial charge in [0, 0.05) is 28.2 Å². The van der Waals surface area contributed by atoms with Gasteiger partial charge in [0.05, 0.1) is 16.8 Å². The summed E-state index contributed by atoms with van der Waals surface area (Å²) < 4.78 is 0. The summed E-state index contributed by atoms with van der Waals surface area (Å²) in [5.74, 6) is 0.947. The summed E-state index contributed by atoms with van der Waals surface area (Å²) in [4.78, 5) is 5.19. The summed E-state index contributed by atoms with van der Waals surface area (Å²) in [6.45, 7) is 0. The highest BCUT2D eigenvalue weighted by molar-refractivity contribution is 5.92. The van der Waals surface area contributed by atoms with Crippen LogP contribution >= 0.6 is 0 Å². The maximum atomic E-state index is 2.62. The lowest BCUT2D eigenvalue weighted by molar-refractivity contribution is 0.350. The SMILES string of the molecule is c1ccc(-c2ccccc2-c2ccc(N(c3ccccc3)c3cccc4c3C35c6c(cccc6N(c6ccccc6)c6ccc7c(c6)C(c6ccccc6)(c6ccccc6)c6ccccc6-7)CC3CCC5C4)cc2)cc1. The van der Waals surface area contributed by atoms with Gasteiger partial charge in [-0.25, -0.2) is 0 Å². The fourth-order valence-electron chi connectivity index (χ4n) is 15.0. The Bertz CT molecular complexity index is 3900. The second-order valence-electron chi connectivity index (χ2n) is 21.4. The molecule has 3 atom stereocenters. The Morgan fingerprint density at radius 3 is 1.25 bits per heavy atom. The van der Waals surface area contributed by atoms with Crippen molar-refractivity contribution < 1.29 is 0 Å². The number of anilines is 6. The minimum Gasteiger partial charge on any atom is -0.310 e. The Balaban J connectivity index is 0.928. The predicted octanol–water partition coefficient (Wildman–Crippen LogP) is 18.7. The fourth-order valence-corrected chi connectivity index (χ4v) is 15.0. The molecule has 0 N–H and O–H groups in total. The van der Waals surface area contributed by atoms with E-state index in [1.807, 2.05) is 0 Å². The van der Waals surface area contributed by atoms with E-state index in [4.69, 9.17) is 0 Å². The van der Waals surface area contributed by atoms with E-state index in [2.05, 4.69) is 289 Å². The highest BCUT2D eigenvalue weighted by atomic mass is 15.2. The molecule has 2 nitrogen and oxygen atoms in total. The fraction of sp³-hybridized carbons (Fsp3) is 0.108. The predicted molar refractivity (Wildman–Crippen MR) is 315 cm³/mol. The quantitative estimate of drug-likeness (QED) is 0.135. The molecular formula is C74H56N2. The molecule has 3 unspecified atom stereocenters. The van der Waals surface area contributed by atoms with Crippen LogP contribution in [0.3, 0.4) is 0 Å². The van der Waals surface area contributed by atoms with Crippen molar-refractivity contribution in [2.75, 3.05) is 9.80 Å². The smallest absolute Gasteiger partial charge is 0.0714 e. The van der Waals surface area contributed by atoms with Gasteiger partial charge in [0.1, 0.15) is 0 Å². The third-order valence-electron chi connectivity index (χ3n) is 17.8. The summed E-state index contributed by atoms with van der Waals surface area (Å²) in [6, 6.07) is 105. The molecule has 0 heterocycles. The lowest BCUT2D eigenvalue weighted by atomic mass is 9.67. The van der Waals surface area contributed by atoms with E-state index in [9.17, 15) is 0 Å². The summed E-state index contributed by atoms with van der Waals surface area (Å²) in [5, 5.41) is 0. The van der Waals surface area contributed by atoms with Gasteiger partial charge < -0.3 is 9.80 Å². The number of hydrogen-bond donors (Lipinski definition) is 0. The van der Waals surface area contributed by atoms with Gasteiger partial charge in [-0.3, -0.25) is 0 Å². The average Bonchev–Trinajstić information content (AvgIpc) is 4.22. The van der Waals surface area contributed by atoms with Crippen molar-refractivity contribution in [1.82, 2.24) is 0 Å². The first kappa shape index (κ1) is 44.5. The van der Waals surface area contributed by atoms with Crippen molar-refractivity contribution in [3.63, 3.8) is 0 Å². The van der Waals surface area contributed by atoms with Crippen LogP contribution in [0.25, 0.3) is 33.4 Å². The highest BCUT2D eigenvalue weighted by Gasteiger charge is 2.62. The van der Waals surface area contributed by atoms with Crippen LogP contribution in [0.2, 0.25) is 0 Å². The molecule has 11 aromatic rings. The van der Waals surface area contributed by atoms with E-state index in [-0.39, 0.29) is 5.41 Å². The lowest BCUT2D eigenvalue weighted by Crippen LogP contribution is -2.34. The molecule has 1 spiro atoms. The Morgan fingerprint density at radius 2 is 0.711 bits per heavy atom. The number of para-hydroxylation sites is 2. The van der Waals surface area contributed by atoms with E-state index >= 15 is 0 Å². The van der Waals surface area contributed by atoms with Crippen LogP contribution in [-0.4, -0.2) is 0 Å². The standard InChI is InChI=1S/C74H56N2/c1-6-22-51(23-7-1)63-34-16-17-35-64(63)52-40-44-61(45-41-52)75(59-30-12-4-13-31-59)69-38-20-24-53-48-57-42-43-58-49-54-25-21-39-70(72(54)74(57,58)71(53)69)76(60-32-14-5-15-33-60)62-46-47-66-65-36-18-19-37-67(65)73(68(66)50-62,55-26-8-2-9-27-55)56-28-10-3-11-29-56/h1-41,44-47,50,57-58H,42-43,48-49H2. The molecular weight excluding hydrogens is 917 g/mol. The Kier molecular flexibility index (Phi) is 10.5. The van der Waals surface area contributed by atoms with Gasteiger partial charge in [-0.15, -0.1) is 0 Å². The maximum Gasteiger partial charge on any atom is 0.0714 e. The molecule has 0 amide bonds. The van der Waals surface area contributed by atoms with Crippen LogP contribution < -0.4 is 9.80 Å². The first-order valence-corrected chi connectivity index (χ1v) is 27.3. The van der Waals surface area contributed by atoms with Gasteiger partial charge in [-0.05, 0) is 176 Å². The van der Waals surface area contributed by atoms with Crippen molar-refractivity contribution in [2.45, 2.75) is 36.5 Å². The average molecular weight is 973 g/mol. The molecule has 0 saturated heterocycles. The Hall–Kier alpha value is -8.98. The van der Waals surface area contributed by atoms with Crippen molar-refractivity contribution in [2.24, 2.45) is 11.8 Å². The van der Waals surface area contributed by atoms with Crippen LogP contribution in [0, 0.1) is 11.8 Å². The van der Waals surface area contributed by atoms with E-state index in [1.54, 1.807) is 0 Å². The van der Waals surface area contributed by atoms with E-state index in [0.717, 1.165) is 24.2 Å². The lowest BCUT2D eigenvalue weighted by Gasteiger charge is -2.40. The largest absolute Gasteiger partial charge is 0.310 e. The minimum absolute atomic E-state index is 0.197. The van der Waals surface area contributed by atoms with Gasteiger partial charge in [-0.2, -0.15) is 0 Å². The van der Waals surface area contributed by atoms with Gasteiger partial charge >= 0.3 is 0 Å². The van der Waals surface area contributed by atoms with Crippen molar-refractivity contribution in [1.29, 1.82) is 0 Å². The summed E-state index contributed by atoms with van der Waals surface area (Å²) in [6.07, 6.45) is 4.57. The molecule has 2 heteroatoms. The molecule has 4 aliphatic rings. The highest BCUT2D eigenvalue weighted by Crippen LogP contribution is 2.69. The maximum absolute atomic E-state index is 2.62. The van der Waals surface area contributed by atoms with Gasteiger partial charge in [0.15, 0.2) is 0 Å². The van der Waals surface area contributed by atoms with Gasteiger partial charge in [0.25, 0.3) is 0 Å². The third kappa shape index (κ3) is 6.59. The molecule has 0 bridgehead atoms. The second-order valence-corrected chi connectivity index (χ2v) is 21.4. The van der Waals surface area contributed by atoms with Crippen LogP contribution in [0.15, 0.2) is 279 Å². The zero-order valence-corrected chi connectivity index (χ0v) is 42.4. The molecule has 1 saturated carbocycles. The summed E-state index contributed by atoms with van der Waals surface area (Å²) >= 11 is 0. The monoisotopic (exact) mass is 972 g/mol. The van der Waals surface area contributed by atoms with Crippen molar-refractivity contribution in [3.8, 4) is 33.4 Å². The molecule has 1 fully saturated rings. The number of nitrogens with zero attached hydrogens (tertiary/aromatic N) is 2. The first-order chi connectivity index (χ1) is 37.7. The molecule has 76 heavy (non-hydrogen) atoms. The molecule has 15 rings (SSSR count). The number of rotatable bonds is 10. The third-order valence-corrected chi connectivity index (χ3v) is 17.8. The van der Waals surface area contributed by atoms with Crippen molar-refractivity contribution in [3.05, 3.63) is 324 Å². The topological polar surface area (TPSA) is 6.48 Å². The van der Waals surface area contributed by atoms with E-state index in [1.165, 1.54) is 113 Å². The van der Waals surface area contributed by atoms with Gasteiger partial charge in [-0.1, -0.05) is 218 Å². The first-order valence-electron chi connectivity index (χ1n) is 27.3. The molecule has 0 aliphatic heterocycles. The van der Waals surface area contributed by atoms with Crippen LogP contribution in [0.4, 0.5) is 34.1 Å². The van der Waals surface area contributed by atoms with Crippen LogP contribution in [0.1, 0.15) is 57.3 Å². The molecule has 0 radical (unpaired) electrons. The van der Waals surface area contributed by atoms with E-state index < -0.39 is 5.41 Å². The number of hydrogen-bond acceptors (Lipinski definition) is 2. The minimum atomic E-state index is -0.518. The summed E-state index contributed by atoms with van der Waals surface area (Å²) in [5.41, 5.74) is 25.2. The second kappa shape index (κ2) is 17.9. The molecule has 11 aromatic carbocycles. The molecule has 0 aromatic heterocycles. The van der Waals surface area contributed by atoms with Crippen LogP contribution in [0.5, 0.6) is 0 Å². The van der Waals surface area contributed by atoms with Crippen LogP contribution in [-0.2, 0) is 23.7 Å². The Morgan fingerprint density at radius 1 is 0.303 bits per heavy atom. The summed E-state index contributed by atoms with van der Waals surface area (Å²) in [7, 11) is 0. The zero-order valence-electron chi connectivity index (χ0n) is 42.4. The van der Waals surface area contributed by atoms with Gasteiger partial charge in [0.2, 0.25) is 0 Å². The molecule has 4 aliphatic carbocycles. The molecule has 362 valence electrons. The van der Waals surface area contributed by atoms with Crippen molar-refractivity contribution >= 4 is 34.1 Å². The Labute approximate surface area is 446 Å². The normalized spacial score (nSPS) is 17.9. The zero-order chi connectivity index (χ0) is 50.2. The number of fused-ring (bicyclic) bond motifs is 5.